The van der Waals surface area contributed by atoms with Gasteiger partial charge in [0.05, 0.1) is 11.3 Å². The third kappa shape index (κ3) is 4.01. The van der Waals surface area contributed by atoms with Gasteiger partial charge in [-0.15, -0.1) is 0 Å². The fraction of sp³-hybridized carbons (Fsp3) is 0.312. The van der Waals surface area contributed by atoms with Crippen LogP contribution in [0.1, 0.15) is 28.9 Å². The summed E-state index contributed by atoms with van der Waals surface area (Å²) in [6.07, 6.45) is -1.56. The van der Waals surface area contributed by atoms with Crippen molar-refractivity contribution in [2.45, 2.75) is 19.0 Å². The Bertz CT molecular complexity index is 791. The molecule has 1 saturated heterocycles. The van der Waals surface area contributed by atoms with Gasteiger partial charge in [0.25, 0.3) is 5.91 Å². The second-order valence-electron chi connectivity index (χ2n) is 5.60. The van der Waals surface area contributed by atoms with Gasteiger partial charge in [0.15, 0.2) is 0 Å². The highest BCUT2D eigenvalue weighted by Gasteiger charge is 2.34. The molecule has 3 rings (SSSR count). The first-order valence-corrected chi connectivity index (χ1v) is 7.97. The standard InChI is InChI=1S/C16H14ClF3N4O/c17-10-3-4-12(11(7-10)16(18,19)20)23-14-8-13(21-9-22-14)15(25)24-5-1-2-6-24/h3-4,7-9H,1-2,5-6H2,(H,21,22,23). The van der Waals surface area contributed by atoms with E-state index in [2.05, 4.69) is 15.3 Å². The van der Waals surface area contributed by atoms with Crippen LogP contribution < -0.4 is 5.32 Å². The van der Waals surface area contributed by atoms with Crippen molar-refractivity contribution < 1.29 is 18.0 Å². The number of carbonyl (C=O) groups excluding carboxylic acids is 1. The summed E-state index contributed by atoms with van der Waals surface area (Å²) in [7, 11) is 0. The fourth-order valence-electron chi connectivity index (χ4n) is 2.62. The Morgan fingerprint density at radius 2 is 1.88 bits per heavy atom. The molecule has 1 amide bonds. The lowest BCUT2D eigenvalue weighted by molar-refractivity contribution is -0.136. The van der Waals surface area contributed by atoms with Crippen molar-refractivity contribution in [1.82, 2.24) is 14.9 Å². The second kappa shape index (κ2) is 6.87. The van der Waals surface area contributed by atoms with E-state index in [4.69, 9.17) is 11.6 Å². The van der Waals surface area contributed by atoms with E-state index in [1.54, 1.807) is 4.90 Å². The summed E-state index contributed by atoms with van der Waals surface area (Å²) < 4.78 is 39.5. The van der Waals surface area contributed by atoms with E-state index < -0.39 is 11.7 Å². The summed E-state index contributed by atoms with van der Waals surface area (Å²) >= 11 is 5.66. The molecule has 1 N–H and O–H groups in total. The van der Waals surface area contributed by atoms with Gasteiger partial charge in [-0.1, -0.05) is 11.6 Å². The maximum absolute atomic E-state index is 13.2. The van der Waals surface area contributed by atoms with Gasteiger partial charge in [-0.05, 0) is 31.0 Å². The third-order valence-electron chi connectivity index (χ3n) is 3.83. The molecule has 0 saturated carbocycles. The highest BCUT2D eigenvalue weighted by Crippen LogP contribution is 2.37. The van der Waals surface area contributed by atoms with Gasteiger partial charge < -0.3 is 10.2 Å². The lowest BCUT2D eigenvalue weighted by Gasteiger charge is -2.16. The van der Waals surface area contributed by atoms with Gasteiger partial charge in [0.2, 0.25) is 0 Å². The van der Waals surface area contributed by atoms with Crippen molar-refractivity contribution in [3.63, 3.8) is 0 Å². The number of alkyl halides is 3. The van der Waals surface area contributed by atoms with Crippen LogP contribution in [0.25, 0.3) is 0 Å². The first kappa shape index (κ1) is 17.5. The van der Waals surface area contributed by atoms with Crippen molar-refractivity contribution in [3.05, 3.63) is 46.9 Å². The highest BCUT2D eigenvalue weighted by atomic mass is 35.5. The first-order chi connectivity index (χ1) is 11.8. The van der Waals surface area contributed by atoms with Gasteiger partial charge >= 0.3 is 6.18 Å². The van der Waals surface area contributed by atoms with E-state index in [-0.39, 0.29) is 28.1 Å². The van der Waals surface area contributed by atoms with E-state index in [1.807, 2.05) is 0 Å². The van der Waals surface area contributed by atoms with Crippen molar-refractivity contribution in [2.75, 3.05) is 18.4 Å². The van der Waals surface area contributed by atoms with E-state index in [0.717, 1.165) is 25.2 Å². The molecule has 1 aliphatic heterocycles. The number of carbonyl (C=O) groups is 1. The Kier molecular flexibility index (Phi) is 4.80. The largest absolute Gasteiger partial charge is 0.418 e. The zero-order valence-corrected chi connectivity index (χ0v) is 13.7. The molecule has 2 heterocycles. The minimum atomic E-state index is -4.57. The molecule has 132 valence electrons. The maximum atomic E-state index is 13.2. The number of hydrogen-bond donors (Lipinski definition) is 1. The SMILES string of the molecule is O=C(c1cc(Nc2ccc(Cl)cc2C(F)(F)F)ncn1)N1CCCC1. The molecule has 1 aliphatic rings. The molecule has 0 unspecified atom stereocenters. The van der Waals surface area contributed by atoms with Crippen molar-refractivity contribution in [2.24, 2.45) is 0 Å². The Labute approximate surface area is 146 Å². The van der Waals surface area contributed by atoms with Gasteiger partial charge in [-0.25, -0.2) is 9.97 Å². The summed E-state index contributed by atoms with van der Waals surface area (Å²) in [6.45, 7) is 1.31. The first-order valence-electron chi connectivity index (χ1n) is 7.60. The molecular weight excluding hydrogens is 357 g/mol. The predicted octanol–water partition coefficient (Wildman–Crippen LogP) is 4.13. The summed E-state index contributed by atoms with van der Waals surface area (Å²) in [5.41, 5.74) is -0.969. The smallest absolute Gasteiger partial charge is 0.340 e. The Morgan fingerprint density at radius 1 is 1.16 bits per heavy atom. The molecule has 0 radical (unpaired) electrons. The number of benzene rings is 1. The van der Waals surface area contributed by atoms with Crippen molar-refractivity contribution >= 4 is 29.0 Å². The molecule has 0 aliphatic carbocycles. The molecule has 0 atom stereocenters. The molecule has 0 bridgehead atoms. The molecule has 1 aromatic heterocycles. The van der Waals surface area contributed by atoms with Gasteiger partial charge in [0.1, 0.15) is 17.8 Å². The molecule has 1 aromatic carbocycles. The zero-order valence-electron chi connectivity index (χ0n) is 13.0. The molecule has 2 aromatic rings. The van der Waals surface area contributed by atoms with Gasteiger partial charge in [0, 0.05) is 24.2 Å². The Morgan fingerprint density at radius 3 is 2.56 bits per heavy atom. The molecule has 0 spiro atoms. The number of aromatic nitrogens is 2. The number of nitrogens with one attached hydrogen (secondary N) is 1. The van der Waals surface area contributed by atoms with E-state index in [0.29, 0.717) is 13.1 Å². The second-order valence-corrected chi connectivity index (χ2v) is 6.04. The lowest BCUT2D eigenvalue weighted by Crippen LogP contribution is -2.28. The summed E-state index contributed by atoms with van der Waals surface area (Å²) in [4.78, 5) is 21.8. The van der Waals surface area contributed by atoms with Crippen LogP contribution in [0.2, 0.25) is 5.02 Å². The minimum absolute atomic E-state index is 0.0227. The number of likely N-dealkylation sites (tertiary alicyclic amines) is 1. The number of anilines is 2. The quantitative estimate of drug-likeness (QED) is 0.882. The van der Waals surface area contributed by atoms with Crippen LogP contribution in [0, 0.1) is 0 Å². The Hall–Kier alpha value is -2.35. The van der Waals surface area contributed by atoms with E-state index in [9.17, 15) is 18.0 Å². The average Bonchev–Trinajstić information content (AvgIpc) is 3.09. The molecule has 1 fully saturated rings. The number of amides is 1. The molecular formula is C16H14ClF3N4O. The third-order valence-corrected chi connectivity index (χ3v) is 4.06. The van der Waals surface area contributed by atoms with Crippen molar-refractivity contribution in [3.8, 4) is 0 Å². The van der Waals surface area contributed by atoms with Crippen LogP contribution in [0.5, 0.6) is 0 Å². The fourth-order valence-corrected chi connectivity index (χ4v) is 2.79. The summed E-state index contributed by atoms with van der Waals surface area (Å²) in [5, 5.41) is 2.57. The summed E-state index contributed by atoms with van der Waals surface area (Å²) in [6, 6.07) is 4.74. The van der Waals surface area contributed by atoms with Crippen LogP contribution in [-0.2, 0) is 6.18 Å². The average molecular weight is 371 g/mol. The predicted molar refractivity (Wildman–Crippen MR) is 86.9 cm³/mol. The normalized spacial score (nSPS) is 14.6. The van der Waals surface area contributed by atoms with Crippen LogP contribution in [0.15, 0.2) is 30.6 Å². The van der Waals surface area contributed by atoms with Gasteiger partial charge in [-0.2, -0.15) is 13.2 Å². The summed E-state index contributed by atoms with van der Waals surface area (Å²) in [5.74, 6) is -0.152. The van der Waals surface area contributed by atoms with E-state index in [1.165, 1.54) is 18.2 Å². The maximum Gasteiger partial charge on any atom is 0.418 e. The number of hydrogen-bond acceptors (Lipinski definition) is 4. The number of halogens is 4. The zero-order chi connectivity index (χ0) is 18.0. The van der Waals surface area contributed by atoms with Crippen LogP contribution in [0.4, 0.5) is 24.7 Å². The lowest BCUT2D eigenvalue weighted by atomic mass is 10.1. The molecule has 5 nitrogen and oxygen atoms in total. The molecule has 9 heteroatoms. The Balaban J connectivity index is 1.87. The van der Waals surface area contributed by atoms with Crippen LogP contribution >= 0.6 is 11.6 Å². The van der Waals surface area contributed by atoms with E-state index >= 15 is 0 Å². The highest BCUT2D eigenvalue weighted by molar-refractivity contribution is 6.30. The number of rotatable bonds is 3. The minimum Gasteiger partial charge on any atom is -0.340 e. The van der Waals surface area contributed by atoms with Gasteiger partial charge in [-0.3, -0.25) is 4.79 Å². The van der Waals surface area contributed by atoms with Crippen LogP contribution in [-0.4, -0.2) is 33.9 Å². The topological polar surface area (TPSA) is 58.1 Å². The van der Waals surface area contributed by atoms with Crippen LogP contribution in [0.3, 0.4) is 0 Å². The molecule has 25 heavy (non-hydrogen) atoms. The number of nitrogens with zero attached hydrogens (tertiary/aromatic N) is 3. The van der Waals surface area contributed by atoms with Crippen molar-refractivity contribution in [1.29, 1.82) is 0 Å². The monoisotopic (exact) mass is 370 g/mol.